The molecule has 7 nitrogen and oxygen atoms in total. The van der Waals surface area contributed by atoms with E-state index in [9.17, 15) is 9.59 Å². The predicted octanol–water partition coefficient (Wildman–Crippen LogP) is 2.85. The molecule has 1 fully saturated rings. The normalized spacial score (nSPS) is 13.2. The van der Waals surface area contributed by atoms with E-state index in [2.05, 4.69) is 16.0 Å². The van der Waals surface area contributed by atoms with E-state index in [4.69, 9.17) is 9.15 Å². The number of methoxy groups -OCH3 is 1. The molecule has 7 heteroatoms. The van der Waals surface area contributed by atoms with E-state index in [1.807, 2.05) is 19.1 Å². The molecule has 26 heavy (non-hydrogen) atoms. The molecular formula is C19H23N3O4. The molecular weight excluding hydrogens is 334 g/mol. The van der Waals surface area contributed by atoms with Crippen LogP contribution in [0.1, 0.15) is 34.7 Å². The Bertz CT molecular complexity index is 796. The topological polar surface area (TPSA) is 92.6 Å². The van der Waals surface area contributed by atoms with E-state index in [1.165, 1.54) is 7.11 Å². The van der Waals surface area contributed by atoms with Crippen LogP contribution in [0.2, 0.25) is 0 Å². The van der Waals surface area contributed by atoms with Gasteiger partial charge in [0.05, 0.1) is 12.8 Å². The number of benzene rings is 1. The maximum atomic E-state index is 12.2. The number of nitrogens with one attached hydrogen (secondary N) is 3. The van der Waals surface area contributed by atoms with E-state index in [0.717, 1.165) is 24.4 Å². The van der Waals surface area contributed by atoms with Gasteiger partial charge in [0.1, 0.15) is 17.3 Å². The summed E-state index contributed by atoms with van der Waals surface area (Å²) in [6, 6.07) is 8.65. The third-order valence-corrected chi connectivity index (χ3v) is 4.08. The van der Waals surface area contributed by atoms with Gasteiger partial charge in [-0.2, -0.15) is 0 Å². The van der Waals surface area contributed by atoms with Crippen LogP contribution in [0.15, 0.2) is 34.7 Å². The highest BCUT2D eigenvalue weighted by Gasteiger charge is 2.24. The van der Waals surface area contributed by atoms with E-state index < -0.39 is 0 Å². The van der Waals surface area contributed by atoms with Gasteiger partial charge in [-0.1, -0.05) is 0 Å². The van der Waals surface area contributed by atoms with Crippen molar-refractivity contribution in [3.8, 4) is 5.75 Å². The second-order valence-corrected chi connectivity index (χ2v) is 6.31. The van der Waals surface area contributed by atoms with Gasteiger partial charge in [-0.25, -0.2) is 4.79 Å². The molecule has 1 aromatic carbocycles. The van der Waals surface area contributed by atoms with Crippen LogP contribution in [0.5, 0.6) is 5.75 Å². The molecule has 138 valence electrons. The van der Waals surface area contributed by atoms with Crippen molar-refractivity contribution >= 4 is 17.6 Å². The number of furan rings is 1. The summed E-state index contributed by atoms with van der Waals surface area (Å²) >= 11 is 0. The van der Waals surface area contributed by atoms with Crippen molar-refractivity contribution in [2.24, 2.45) is 0 Å². The van der Waals surface area contributed by atoms with Crippen molar-refractivity contribution in [3.05, 3.63) is 47.4 Å². The Kier molecular flexibility index (Phi) is 5.46. The minimum atomic E-state index is -0.369. The standard InChI is InChI=1S/C19H23N3O4/c1-12-3-7-15(26-12)9-10-20-19(24)22-16-11-13(4-8-17(16)25-2)18(23)21-14-5-6-14/h3-4,7-8,11,14H,5-6,9-10H2,1-2H3,(H,21,23)(H2,20,22,24). The minimum Gasteiger partial charge on any atom is -0.495 e. The lowest BCUT2D eigenvalue weighted by atomic mass is 10.1. The Labute approximate surface area is 152 Å². The van der Waals surface area contributed by atoms with Crippen LogP contribution in [-0.2, 0) is 6.42 Å². The van der Waals surface area contributed by atoms with Crippen LogP contribution in [-0.4, -0.2) is 31.6 Å². The zero-order valence-corrected chi connectivity index (χ0v) is 14.9. The van der Waals surface area contributed by atoms with E-state index in [0.29, 0.717) is 30.0 Å². The van der Waals surface area contributed by atoms with Crippen molar-refractivity contribution in [1.82, 2.24) is 10.6 Å². The van der Waals surface area contributed by atoms with Gasteiger partial charge < -0.3 is 25.1 Å². The van der Waals surface area contributed by atoms with E-state index in [1.54, 1.807) is 18.2 Å². The summed E-state index contributed by atoms with van der Waals surface area (Å²) in [4.78, 5) is 24.3. The molecule has 1 aliphatic rings. The number of aryl methyl sites for hydroxylation is 1. The molecule has 1 saturated carbocycles. The quantitative estimate of drug-likeness (QED) is 0.710. The smallest absolute Gasteiger partial charge is 0.319 e. The molecule has 2 aromatic rings. The lowest BCUT2D eigenvalue weighted by molar-refractivity contribution is 0.0951. The van der Waals surface area contributed by atoms with Crippen LogP contribution in [0, 0.1) is 6.92 Å². The van der Waals surface area contributed by atoms with Gasteiger partial charge in [-0.3, -0.25) is 4.79 Å². The van der Waals surface area contributed by atoms with Crippen molar-refractivity contribution in [3.63, 3.8) is 0 Å². The highest BCUT2D eigenvalue weighted by Crippen LogP contribution is 2.26. The molecule has 3 rings (SSSR count). The number of carbonyl (C=O) groups excluding carboxylic acids is 2. The van der Waals surface area contributed by atoms with E-state index in [-0.39, 0.29) is 18.0 Å². The number of amides is 3. The van der Waals surface area contributed by atoms with Gasteiger partial charge in [0.25, 0.3) is 5.91 Å². The molecule has 0 unspecified atom stereocenters. The average molecular weight is 357 g/mol. The van der Waals surface area contributed by atoms with Gasteiger partial charge in [0.2, 0.25) is 0 Å². The Morgan fingerprint density at radius 3 is 2.69 bits per heavy atom. The second kappa shape index (κ2) is 7.95. The number of rotatable bonds is 7. The first-order valence-corrected chi connectivity index (χ1v) is 8.64. The number of urea groups is 1. The molecule has 0 atom stereocenters. The molecule has 1 heterocycles. The molecule has 3 amide bonds. The van der Waals surface area contributed by atoms with Crippen molar-refractivity contribution in [2.45, 2.75) is 32.2 Å². The molecule has 0 spiro atoms. The maximum Gasteiger partial charge on any atom is 0.319 e. The zero-order chi connectivity index (χ0) is 18.5. The molecule has 1 aliphatic carbocycles. The third kappa shape index (κ3) is 4.78. The summed E-state index contributed by atoms with van der Waals surface area (Å²) in [5.41, 5.74) is 0.932. The number of hydrogen-bond donors (Lipinski definition) is 3. The largest absolute Gasteiger partial charge is 0.495 e. The fourth-order valence-corrected chi connectivity index (χ4v) is 2.53. The average Bonchev–Trinajstić information content (AvgIpc) is 3.34. The summed E-state index contributed by atoms with van der Waals surface area (Å²) in [5.74, 6) is 2.01. The van der Waals surface area contributed by atoms with Crippen LogP contribution in [0.3, 0.4) is 0 Å². The SMILES string of the molecule is COc1ccc(C(=O)NC2CC2)cc1NC(=O)NCCc1ccc(C)o1. The Morgan fingerprint density at radius 1 is 1.23 bits per heavy atom. The van der Waals surface area contributed by atoms with Gasteiger partial charge in [-0.05, 0) is 50.1 Å². The summed E-state index contributed by atoms with van der Waals surface area (Å²) in [6.07, 6.45) is 2.64. The second-order valence-electron chi connectivity index (χ2n) is 6.31. The first-order chi connectivity index (χ1) is 12.5. The minimum absolute atomic E-state index is 0.146. The van der Waals surface area contributed by atoms with Gasteiger partial charge >= 0.3 is 6.03 Å². The summed E-state index contributed by atoms with van der Waals surface area (Å²) in [7, 11) is 1.52. The summed E-state index contributed by atoms with van der Waals surface area (Å²) < 4.78 is 10.7. The third-order valence-electron chi connectivity index (χ3n) is 4.08. The highest BCUT2D eigenvalue weighted by molar-refractivity contribution is 5.98. The number of carbonyl (C=O) groups is 2. The van der Waals surface area contributed by atoms with Crippen LogP contribution < -0.4 is 20.7 Å². The number of anilines is 1. The molecule has 1 aromatic heterocycles. The Hall–Kier alpha value is -2.96. The molecule has 0 aliphatic heterocycles. The van der Waals surface area contributed by atoms with E-state index >= 15 is 0 Å². The van der Waals surface area contributed by atoms with Crippen LogP contribution >= 0.6 is 0 Å². The summed E-state index contributed by atoms with van der Waals surface area (Å²) in [6.45, 7) is 2.31. The lowest BCUT2D eigenvalue weighted by Gasteiger charge is -2.13. The number of ether oxygens (including phenoxy) is 1. The van der Waals surface area contributed by atoms with Crippen LogP contribution in [0.25, 0.3) is 0 Å². The maximum absolute atomic E-state index is 12.2. The summed E-state index contributed by atoms with van der Waals surface area (Å²) in [5, 5.41) is 8.42. The Morgan fingerprint density at radius 2 is 2.04 bits per heavy atom. The molecule has 0 bridgehead atoms. The molecule has 0 saturated heterocycles. The zero-order valence-electron chi connectivity index (χ0n) is 14.9. The van der Waals surface area contributed by atoms with Crippen LogP contribution in [0.4, 0.5) is 10.5 Å². The number of hydrogen-bond acceptors (Lipinski definition) is 4. The molecule has 3 N–H and O–H groups in total. The molecule has 0 radical (unpaired) electrons. The fourth-order valence-electron chi connectivity index (χ4n) is 2.53. The van der Waals surface area contributed by atoms with Gasteiger partial charge in [0.15, 0.2) is 0 Å². The highest BCUT2D eigenvalue weighted by atomic mass is 16.5. The monoisotopic (exact) mass is 357 g/mol. The first-order valence-electron chi connectivity index (χ1n) is 8.64. The van der Waals surface area contributed by atoms with Crippen molar-refractivity contribution in [2.75, 3.05) is 19.0 Å². The first kappa shape index (κ1) is 17.8. The van der Waals surface area contributed by atoms with Gasteiger partial charge in [0, 0.05) is 24.6 Å². The fraction of sp³-hybridized carbons (Fsp3) is 0.368. The Balaban J connectivity index is 1.57. The predicted molar refractivity (Wildman–Crippen MR) is 97.7 cm³/mol. The van der Waals surface area contributed by atoms with Crippen molar-refractivity contribution < 1.29 is 18.7 Å². The lowest BCUT2D eigenvalue weighted by Crippen LogP contribution is -2.31. The van der Waals surface area contributed by atoms with Crippen molar-refractivity contribution in [1.29, 1.82) is 0 Å². The van der Waals surface area contributed by atoms with Gasteiger partial charge in [-0.15, -0.1) is 0 Å².